The number of aliphatic hydroxyl groups excluding tert-OH is 4. The van der Waals surface area contributed by atoms with E-state index in [1.54, 1.807) is 0 Å². The molecule has 0 spiro atoms. The molecule has 8 N–H and O–H groups in total. The summed E-state index contributed by atoms with van der Waals surface area (Å²) in [4.78, 5) is 0. The van der Waals surface area contributed by atoms with E-state index >= 15 is 0 Å². The Morgan fingerprint density at radius 2 is 1.16 bits per heavy atom. The van der Waals surface area contributed by atoms with Crippen LogP contribution in [-0.2, 0) is 19.3 Å². The van der Waals surface area contributed by atoms with Gasteiger partial charge in [0.15, 0.2) is 0 Å². The molecule has 32 heavy (non-hydrogen) atoms. The van der Waals surface area contributed by atoms with E-state index in [9.17, 15) is 20.4 Å². The summed E-state index contributed by atoms with van der Waals surface area (Å²) in [5.41, 5.74) is 13.7. The topological polar surface area (TPSA) is 133 Å². The number of unbranched alkanes of at least 4 members (excludes halogenated alkanes) is 5. The van der Waals surface area contributed by atoms with Crippen molar-refractivity contribution in [2.75, 3.05) is 26.4 Å². The Morgan fingerprint density at radius 1 is 0.656 bits per heavy atom. The number of hydrogen-bond donors (Lipinski definition) is 6. The van der Waals surface area contributed by atoms with Gasteiger partial charge in [0.05, 0.1) is 37.5 Å². The maximum atomic E-state index is 9.51. The molecule has 6 nitrogen and oxygen atoms in total. The van der Waals surface area contributed by atoms with Gasteiger partial charge in [-0.1, -0.05) is 57.2 Å². The second kappa shape index (κ2) is 18.0. The number of nitrogens with two attached hydrogens (primary N) is 2. The molecule has 0 saturated heterocycles. The van der Waals surface area contributed by atoms with E-state index in [1.165, 1.54) is 43.2 Å². The molecule has 0 aliphatic heterocycles. The standard InChI is InChI=1S/C24H44N2O4.2ClH/c1-2-3-4-5-6-7-8-21-10-9-20(11-13-23(25,16-27)17-28)15-22(21)12-14-24(26,18-29)19-30;;/h9-10,15,27-30H,2-8,11-14,16-19,25-26H2,1H3;2*1H. The summed E-state index contributed by atoms with van der Waals surface area (Å²) < 4.78 is 0. The fraction of sp³-hybridized carbons (Fsp3) is 0.750. The minimum absolute atomic E-state index is 0. The van der Waals surface area contributed by atoms with Gasteiger partial charge in [0, 0.05) is 0 Å². The Labute approximate surface area is 206 Å². The third kappa shape index (κ3) is 12.1. The lowest BCUT2D eigenvalue weighted by molar-refractivity contribution is 0.114. The number of benzene rings is 1. The van der Waals surface area contributed by atoms with Crippen molar-refractivity contribution in [2.24, 2.45) is 11.5 Å². The van der Waals surface area contributed by atoms with Crippen LogP contribution in [0.4, 0.5) is 0 Å². The van der Waals surface area contributed by atoms with Crippen LogP contribution in [0.15, 0.2) is 18.2 Å². The highest BCUT2D eigenvalue weighted by Gasteiger charge is 2.24. The highest BCUT2D eigenvalue weighted by molar-refractivity contribution is 5.85. The van der Waals surface area contributed by atoms with Gasteiger partial charge in [-0.2, -0.15) is 0 Å². The first-order valence-corrected chi connectivity index (χ1v) is 11.5. The molecule has 0 aliphatic rings. The van der Waals surface area contributed by atoms with Crippen LogP contribution in [0.25, 0.3) is 0 Å². The first-order valence-electron chi connectivity index (χ1n) is 11.5. The molecule has 0 fully saturated rings. The van der Waals surface area contributed by atoms with Crippen LogP contribution in [0.1, 0.15) is 75.0 Å². The van der Waals surface area contributed by atoms with E-state index in [2.05, 4.69) is 25.1 Å². The van der Waals surface area contributed by atoms with Gasteiger partial charge in [-0.25, -0.2) is 0 Å². The SMILES string of the molecule is CCCCCCCCc1ccc(CCC(N)(CO)CO)cc1CCC(N)(CO)CO.Cl.Cl. The summed E-state index contributed by atoms with van der Waals surface area (Å²) >= 11 is 0. The largest absolute Gasteiger partial charge is 0.394 e. The predicted octanol–water partition coefficient (Wildman–Crippen LogP) is 2.66. The minimum atomic E-state index is -0.979. The van der Waals surface area contributed by atoms with Crippen molar-refractivity contribution in [1.82, 2.24) is 0 Å². The molecule has 0 heterocycles. The lowest BCUT2D eigenvalue weighted by Crippen LogP contribution is -2.47. The van der Waals surface area contributed by atoms with Gasteiger partial charge in [-0.15, -0.1) is 24.8 Å². The minimum Gasteiger partial charge on any atom is -0.394 e. The molecule has 0 radical (unpaired) electrons. The molecule has 1 rings (SSSR count). The summed E-state index contributed by atoms with van der Waals surface area (Å²) in [6.45, 7) is 1.21. The number of halogens is 2. The Hall–Kier alpha value is -0.440. The third-order valence-electron chi connectivity index (χ3n) is 6.13. The third-order valence-corrected chi connectivity index (χ3v) is 6.13. The average molecular weight is 498 g/mol. The van der Waals surface area contributed by atoms with Crippen LogP contribution < -0.4 is 11.5 Å². The van der Waals surface area contributed by atoms with Crippen LogP contribution in [0.3, 0.4) is 0 Å². The quantitative estimate of drug-likeness (QED) is 0.183. The van der Waals surface area contributed by atoms with Crippen molar-refractivity contribution in [1.29, 1.82) is 0 Å². The van der Waals surface area contributed by atoms with Crippen molar-refractivity contribution in [2.45, 2.75) is 88.6 Å². The zero-order chi connectivity index (χ0) is 22.5. The van der Waals surface area contributed by atoms with Crippen LogP contribution in [0.2, 0.25) is 0 Å². The van der Waals surface area contributed by atoms with Crippen LogP contribution in [0, 0.1) is 0 Å². The van der Waals surface area contributed by atoms with Crippen molar-refractivity contribution in [3.05, 3.63) is 34.9 Å². The summed E-state index contributed by atoms with van der Waals surface area (Å²) in [5, 5.41) is 37.9. The van der Waals surface area contributed by atoms with E-state index in [0.717, 1.165) is 18.4 Å². The van der Waals surface area contributed by atoms with Gasteiger partial charge in [0.1, 0.15) is 0 Å². The van der Waals surface area contributed by atoms with Gasteiger partial charge >= 0.3 is 0 Å². The molecule has 1 aromatic carbocycles. The molecule has 0 unspecified atom stereocenters. The van der Waals surface area contributed by atoms with E-state index in [4.69, 9.17) is 11.5 Å². The van der Waals surface area contributed by atoms with Gasteiger partial charge in [-0.05, 0) is 55.2 Å². The monoisotopic (exact) mass is 496 g/mol. The summed E-state index contributed by atoms with van der Waals surface area (Å²) in [7, 11) is 0. The highest BCUT2D eigenvalue weighted by Crippen LogP contribution is 2.22. The van der Waals surface area contributed by atoms with E-state index in [1.807, 2.05) is 0 Å². The second-order valence-corrected chi connectivity index (χ2v) is 8.98. The van der Waals surface area contributed by atoms with Gasteiger partial charge in [0.25, 0.3) is 0 Å². The molecular weight excluding hydrogens is 451 g/mol. The predicted molar refractivity (Wildman–Crippen MR) is 137 cm³/mol. The Morgan fingerprint density at radius 3 is 1.69 bits per heavy atom. The number of aliphatic hydroxyl groups is 4. The van der Waals surface area contributed by atoms with E-state index in [0.29, 0.717) is 25.7 Å². The smallest absolute Gasteiger partial charge is 0.0633 e. The zero-order valence-electron chi connectivity index (χ0n) is 19.6. The molecule has 0 bridgehead atoms. The highest BCUT2D eigenvalue weighted by atomic mass is 35.5. The Balaban J connectivity index is 0. The summed E-state index contributed by atoms with van der Waals surface area (Å²) in [5.74, 6) is 0. The van der Waals surface area contributed by atoms with E-state index in [-0.39, 0.29) is 51.2 Å². The first-order chi connectivity index (χ1) is 14.3. The molecule has 0 saturated carbocycles. The maximum Gasteiger partial charge on any atom is 0.0633 e. The van der Waals surface area contributed by atoms with Gasteiger partial charge in [0.2, 0.25) is 0 Å². The second-order valence-electron chi connectivity index (χ2n) is 8.98. The molecular formula is C24H46Cl2N2O4. The molecule has 190 valence electrons. The number of rotatable bonds is 17. The fourth-order valence-electron chi connectivity index (χ4n) is 3.60. The summed E-state index contributed by atoms with van der Waals surface area (Å²) in [6.07, 6.45) is 10.8. The van der Waals surface area contributed by atoms with Crippen LogP contribution in [-0.4, -0.2) is 57.9 Å². The molecule has 0 aromatic heterocycles. The first kappa shape index (κ1) is 33.7. The molecule has 8 heteroatoms. The molecule has 1 aromatic rings. The van der Waals surface area contributed by atoms with Crippen molar-refractivity contribution in [3.8, 4) is 0 Å². The number of aryl methyl sites for hydroxylation is 3. The van der Waals surface area contributed by atoms with Crippen molar-refractivity contribution >= 4 is 24.8 Å². The fourth-order valence-corrected chi connectivity index (χ4v) is 3.60. The van der Waals surface area contributed by atoms with Crippen LogP contribution >= 0.6 is 24.8 Å². The zero-order valence-corrected chi connectivity index (χ0v) is 21.2. The van der Waals surface area contributed by atoms with E-state index < -0.39 is 11.1 Å². The van der Waals surface area contributed by atoms with Crippen LogP contribution in [0.5, 0.6) is 0 Å². The van der Waals surface area contributed by atoms with Gasteiger partial charge in [-0.3, -0.25) is 0 Å². The average Bonchev–Trinajstić information content (AvgIpc) is 2.78. The van der Waals surface area contributed by atoms with Crippen molar-refractivity contribution in [3.63, 3.8) is 0 Å². The molecule has 0 amide bonds. The Bertz CT molecular complexity index is 597. The maximum absolute atomic E-state index is 9.51. The Kier molecular flexibility index (Phi) is 18.9. The summed E-state index contributed by atoms with van der Waals surface area (Å²) in [6, 6.07) is 6.40. The lowest BCUT2D eigenvalue weighted by Gasteiger charge is -2.26. The molecule has 0 aliphatic carbocycles. The lowest BCUT2D eigenvalue weighted by atomic mass is 9.88. The molecule has 0 atom stereocenters. The van der Waals surface area contributed by atoms with Crippen molar-refractivity contribution < 1.29 is 20.4 Å². The normalized spacial score (nSPS) is 11.7. The van der Waals surface area contributed by atoms with Gasteiger partial charge < -0.3 is 31.9 Å². The number of hydrogen-bond acceptors (Lipinski definition) is 6.